The highest BCUT2D eigenvalue weighted by atomic mass is 35.5. The molecule has 0 saturated carbocycles. The number of nitrogens with zero attached hydrogens (tertiary/aromatic N) is 3. The zero-order valence-electron chi connectivity index (χ0n) is 22.5. The van der Waals surface area contributed by atoms with E-state index in [9.17, 15) is 13.2 Å². The van der Waals surface area contributed by atoms with Gasteiger partial charge in [-0.05, 0) is 48.7 Å². The van der Waals surface area contributed by atoms with Crippen molar-refractivity contribution >= 4 is 60.5 Å². The third kappa shape index (κ3) is 4.54. The van der Waals surface area contributed by atoms with Crippen LogP contribution in [0.5, 0.6) is 0 Å². The van der Waals surface area contributed by atoms with Gasteiger partial charge in [0.2, 0.25) is 5.00 Å². The summed E-state index contributed by atoms with van der Waals surface area (Å²) in [6, 6.07) is 18.1. The van der Waals surface area contributed by atoms with E-state index in [0.717, 1.165) is 11.3 Å². The number of benzene rings is 3. The van der Waals surface area contributed by atoms with Crippen molar-refractivity contribution in [3.63, 3.8) is 0 Å². The summed E-state index contributed by atoms with van der Waals surface area (Å²) in [6.45, 7) is 10.5. The lowest BCUT2D eigenvalue weighted by Crippen LogP contribution is -2.50. The Morgan fingerprint density at radius 3 is 2.55 bits per heavy atom. The van der Waals surface area contributed by atoms with Crippen LogP contribution in [0.25, 0.3) is 38.1 Å². The summed E-state index contributed by atoms with van der Waals surface area (Å²) >= 11 is 7.46. The SMILES string of the molecule is [C-]#[N+]c1sccc1-c1c(-c2cccc(N3CC(C(=O)OC)C3)c2)n(S(=O)(=O)c2ccc(C)cc2)c2cc(Cl)c(F)cc12. The molecule has 0 atom stereocenters. The molecule has 0 N–H and O–H groups in total. The van der Waals surface area contributed by atoms with Crippen LogP contribution in [0.1, 0.15) is 5.56 Å². The Labute approximate surface area is 251 Å². The van der Waals surface area contributed by atoms with Crippen LogP contribution in [0.2, 0.25) is 5.02 Å². The van der Waals surface area contributed by atoms with Gasteiger partial charge in [-0.1, -0.05) is 47.5 Å². The monoisotopic (exact) mass is 619 g/mol. The summed E-state index contributed by atoms with van der Waals surface area (Å²) in [5, 5.41) is 2.18. The fraction of sp³-hybridized carbons (Fsp3) is 0.161. The van der Waals surface area contributed by atoms with Crippen molar-refractivity contribution in [1.29, 1.82) is 0 Å². The largest absolute Gasteiger partial charge is 0.469 e. The van der Waals surface area contributed by atoms with Crippen molar-refractivity contribution in [2.75, 3.05) is 25.1 Å². The highest BCUT2D eigenvalue weighted by Gasteiger charge is 2.35. The van der Waals surface area contributed by atoms with Crippen LogP contribution >= 0.6 is 22.9 Å². The summed E-state index contributed by atoms with van der Waals surface area (Å²) < 4.78 is 49.9. The van der Waals surface area contributed by atoms with E-state index in [0.29, 0.717) is 40.2 Å². The molecule has 0 aliphatic carbocycles. The van der Waals surface area contributed by atoms with Crippen molar-refractivity contribution in [2.45, 2.75) is 11.8 Å². The molecule has 6 rings (SSSR count). The van der Waals surface area contributed by atoms with Gasteiger partial charge in [0.15, 0.2) is 0 Å². The van der Waals surface area contributed by atoms with Gasteiger partial charge < -0.3 is 9.64 Å². The minimum absolute atomic E-state index is 0.0498. The third-order valence-corrected chi connectivity index (χ3v) is 10.3. The maximum absolute atomic E-state index is 15.0. The van der Waals surface area contributed by atoms with Gasteiger partial charge in [-0.25, -0.2) is 21.6 Å². The predicted molar refractivity (Wildman–Crippen MR) is 163 cm³/mol. The Hall–Kier alpha value is -4.17. The highest BCUT2D eigenvalue weighted by Crippen LogP contribution is 2.48. The number of esters is 1. The number of methoxy groups -OCH3 is 1. The first-order valence-electron chi connectivity index (χ1n) is 12.9. The number of carbonyl (C=O) groups excluding carboxylic acids is 1. The third-order valence-electron chi connectivity index (χ3n) is 7.44. The lowest BCUT2D eigenvalue weighted by Gasteiger charge is -2.39. The number of thiophene rings is 1. The smallest absolute Gasteiger partial charge is 0.312 e. The minimum Gasteiger partial charge on any atom is -0.469 e. The second-order valence-corrected chi connectivity index (χ2v) is 13.1. The number of hydrogen-bond acceptors (Lipinski definition) is 6. The maximum atomic E-state index is 15.0. The van der Waals surface area contributed by atoms with Crippen LogP contribution in [-0.2, 0) is 19.6 Å². The van der Waals surface area contributed by atoms with E-state index in [4.69, 9.17) is 22.9 Å². The number of aromatic nitrogens is 1. The molecule has 3 heterocycles. The molecule has 11 heteroatoms. The number of ether oxygens (including phenoxy) is 1. The molecule has 3 aromatic carbocycles. The molecular weight excluding hydrogens is 597 g/mol. The first-order chi connectivity index (χ1) is 20.1. The Morgan fingerprint density at radius 1 is 1.12 bits per heavy atom. The molecule has 7 nitrogen and oxygen atoms in total. The van der Waals surface area contributed by atoms with Gasteiger partial charge in [-0.3, -0.25) is 4.79 Å². The second kappa shape index (κ2) is 10.6. The molecule has 2 aromatic heterocycles. The summed E-state index contributed by atoms with van der Waals surface area (Å²) in [4.78, 5) is 17.7. The number of carbonyl (C=O) groups is 1. The summed E-state index contributed by atoms with van der Waals surface area (Å²) in [5.41, 5.74) is 3.59. The number of fused-ring (bicyclic) bond motifs is 1. The molecule has 0 bridgehead atoms. The molecule has 42 heavy (non-hydrogen) atoms. The summed E-state index contributed by atoms with van der Waals surface area (Å²) in [7, 11) is -2.88. The Bertz CT molecular complexity index is 2020. The van der Waals surface area contributed by atoms with E-state index in [1.807, 2.05) is 24.0 Å². The molecule has 1 fully saturated rings. The standard InChI is InChI=1S/C31H23ClFN3O4S2/c1-18-7-9-22(10-8-18)42(38,39)36-27-15-25(32)26(33)14-24(27)28(23-11-12-41-30(23)34-2)29(36)19-5-4-6-21(13-19)35-16-20(17-35)31(37)40-3/h4-15,20H,16-17H2,1,3H3. The van der Waals surface area contributed by atoms with E-state index in [1.165, 1.54) is 46.7 Å². The summed E-state index contributed by atoms with van der Waals surface area (Å²) in [5.74, 6) is -1.23. The van der Waals surface area contributed by atoms with Gasteiger partial charge >= 0.3 is 5.97 Å². The van der Waals surface area contributed by atoms with Gasteiger partial charge in [0, 0.05) is 40.9 Å². The summed E-state index contributed by atoms with van der Waals surface area (Å²) in [6.07, 6.45) is 0. The molecular formula is C31H23ClFN3O4S2. The van der Waals surface area contributed by atoms with E-state index in [2.05, 4.69) is 4.85 Å². The van der Waals surface area contributed by atoms with Crippen LogP contribution in [0.3, 0.4) is 0 Å². The first kappa shape index (κ1) is 28.0. The minimum atomic E-state index is -4.24. The number of aryl methyl sites for hydroxylation is 1. The number of anilines is 1. The molecule has 212 valence electrons. The zero-order chi connectivity index (χ0) is 29.8. The van der Waals surface area contributed by atoms with Gasteiger partial charge in [-0.2, -0.15) is 11.3 Å². The van der Waals surface area contributed by atoms with Crippen LogP contribution in [0, 0.1) is 25.2 Å². The lowest BCUT2D eigenvalue weighted by molar-refractivity contribution is -0.146. The molecule has 0 amide bonds. The van der Waals surface area contributed by atoms with E-state index < -0.39 is 15.8 Å². The van der Waals surface area contributed by atoms with Crippen molar-refractivity contribution < 1.29 is 22.3 Å². The Balaban J connectivity index is 1.67. The highest BCUT2D eigenvalue weighted by molar-refractivity contribution is 7.90. The molecule has 1 saturated heterocycles. The number of hydrogen-bond donors (Lipinski definition) is 0. The normalized spacial score (nSPS) is 13.6. The van der Waals surface area contributed by atoms with Crippen molar-refractivity contribution in [1.82, 2.24) is 3.97 Å². The van der Waals surface area contributed by atoms with Gasteiger partial charge in [-0.15, -0.1) is 0 Å². The van der Waals surface area contributed by atoms with Gasteiger partial charge in [0.1, 0.15) is 5.82 Å². The van der Waals surface area contributed by atoms with Gasteiger partial charge in [0.05, 0.1) is 40.7 Å². The average molecular weight is 620 g/mol. The molecule has 1 aliphatic heterocycles. The van der Waals surface area contributed by atoms with E-state index in [1.54, 1.807) is 35.7 Å². The lowest BCUT2D eigenvalue weighted by atomic mass is 9.97. The van der Waals surface area contributed by atoms with E-state index in [-0.39, 0.29) is 33.0 Å². The van der Waals surface area contributed by atoms with Crippen LogP contribution in [0.15, 0.2) is 77.0 Å². The zero-order valence-corrected chi connectivity index (χ0v) is 24.9. The van der Waals surface area contributed by atoms with Crippen molar-refractivity contribution in [2.24, 2.45) is 5.92 Å². The molecule has 1 aliphatic rings. The number of rotatable bonds is 6. The van der Waals surface area contributed by atoms with Crippen molar-refractivity contribution in [3.8, 4) is 22.4 Å². The maximum Gasteiger partial charge on any atom is 0.312 e. The van der Waals surface area contributed by atoms with Crippen LogP contribution in [-0.4, -0.2) is 38.6 Å². The Kier molecular flexibility index (Phi) is 7.05. The predicted octanol–water partition coefficient (Wildman–Crippen LogP) is 7.53. The molecule has 0 radical (unpaired) electrons. The average Bonchev–Trinajstić information content (AvgIpc) is 3.55. The quantitative estimate of drug-likeness (QED) is 0.145. The fourth-order valence-corrected chi connectivity index (χ4v) is 7.67. The second-order valence-electron chi connectivity index (χ2n) is 10.0. The Morgan fingerprint density at radius 2 is 1.86 bits per heavy atom. The van der Waals surface area contributed by atoms with Gasteiger partial charge in [0.25, 0.3) is 10.0 Å². The van der Waals surface area contributed by atoms with Crippen molar-refractivity contribution in [3.05, 3.63) is 99.9 Å². The molecule has 5 aromatic rings. The van der Waals surface area contributed by atoms with Crippen LogP contribution < -0.4 is 4.90 Å². The topological polar surface area (TPSA) is 73.0 Å². The van der Waals surface area contributed by atoms with Crippen LogP contribution in [0.4, 0.5) is 15.1 Å². The molecule has 0 spiro atoms. The first-order valence-corrected chi connectivity index (χ1v) is 15.6. The number of halogens is 2. The van der Waals surface area contributed by atoms with E-state index >= 15 is 4.39 Å². The fourth-order valence-electron chi connectivity index (χ4n) is 5.29. The molecule has 0 unspecified atom stereocenters.